The average molecular weight is 308 g/mol. The van der Waals surface area contributed by atoms with Crippen LogP contribution in [0.15, 0.2) is 5.38 Å². The van der Waals surface area contributed by atoms with E-state index < -0.39 is 0 Å². The molecule has 3 rings (SSSR count). The van der Waals surface area contributed by atoms with Gasteiger partial charge in [0.1, 0.15) is 0 Å². The quantitative estimate of drug-likeness (QED) is 0.924. The summed E-state index contributed by atoms with van der Waals surface area (Å²) in [7, 11) is 0. The van der Waals surface area contributed by atoms with Gasteiger partial charge in [-0.05, 0) is 26.2 Å². The summed E-state index contributed by atoms with van der Waals surface area (Å²) >= 11 is 1.82. The smallest absolute Gasteiger partial charge is 0.0940 e. The Labute approximate surface area is 133 Å². The molecule has 1 saturated heterocycles. The summed E-state index contributed by atoms with van der Waals surface area (Å²) in [6.07, 6.45) is 9.35. The second kappa shape index (κ2) is 6.76. The molecule has 0 bridgehead atoms. The van der Waals surface area contributed by atoms with Gasteiger partial charge in [-0.2, -0.15) is 0 Å². The van der Waals surface area contributed by atoms with Crippen LogP contribution in [-0.2, 0) is 6.42 Å². The number of nitrogens with zero attached hydrogens (tertiary/aromatic N) is 2. The molecule has 1 atom stereocenters. The van der Waals surface area contributed by atoms with Gasteiger partial charge in [0.2, 0.25) is 0 Å². The summed E-state index contributed by atoms with van der Waals surface area (Å²) in [6.45, 7) is 8.01. The standard InChI is InChI=1S/C17H29N3S/c1-3-15-11-18-17(8-5-4-6-9-17)13-20(15)10-7-16-19-14(2)12-21-16/h12,15,18H,3-11,13H2,1-2H3. The summed E-state index contributed by atoms with van der Waals surface area (Å²) < 4.78 is 0. The molecule has 118 valence electrons. The van der Waals surface area contributed by atoms with Crippen LogP contribution in [0.5, 0.6) is 0 Å². The molecule has 1 aromatic heterocycles. The van der Waals surface area contributed by atoms with Crippen LogP contribution >= 0.6 is 11.3 Å². The SMILES string of the molecule is CCC1CNC2(CCCCC2)CN1CCc1nc(C)cs1. The predicted octanol–water partition coefficient (Wildman–Crippen LogP) is 3.38. The van der Waals surface area contributed by atoms with Crippen LogP contribution in [0.1, 0.15) is 56.2 Å². The summed E-state index contributed by atoms with van der Waals surface area (Å²) in [4.78, 5) is 7.37. The lowest BCUT2D eigenvalue weighted by molar-refractivity contribution is 0.0549. The Morgan fingerprint density at radius 3 is 2.86 bits per heavy atom. The molecule has 21 heavy (non-hydrogen) atoms. The summed E-state index contributed by atoms with van der Waals surface area (Å²) in [6, 6.07) is 0.707. The number of rotatable bonds is 4. The maximum atomic E-state index is 4.63. The van der Waals surface area contributed by atoms with Crippen molar-refractivity contribution in [1.29, 1.82) is 0 Å². The lowest BCUT2D eigenvalue weighted by Crippen LogP contribution is -2.64. The minimum Gasteiger partial charge on any atom is -0.308 e. The third-order valence-electron chi connectivity index (χ3n) is 5.30. The first-order valence-electron chi connectivity index (χ1n) is 8.61. The van der Waals surface area contributed by atoms with Crippen molar-refractivity contribution in [1.82, 2.24) is 15.2 Å². The molecule has 2 fully saturated rings. The van der Waals surface area contributed by atoms with Crippen molar-refractivity contribution in [2.45, 2.75) is 70.4 Å². The number of thiazole rings is 1. The molecule has 1 aliphatic heterocycles. The number of hydrogen-bond donors (Lipinski definition) is 1. The summed E-state index contributed by atoms with van der Waals surface area (Å²) in [5.41, 5.74) is 1.59. The molecule has 0 aromatic carbocycles. The first-order valence-corrected chi connectivity index (χ1v) is 9.49. The van der Waals surface area contributed by atoms with Crippen LogP contribution in [0, 0.1) is 6.92 Å². The second-order valence-corrected chi connectivity index (χ2v) is 7.83. The van der Waals surface area contributed by atoms with Crippen LogP contribution in [0.3, 0.4) is 0 Å². The molecule has 2 aliphatic rings. The zero-order chi connectivity index (χ0) is 14.7. The molecule has 1 unspecified atom stereocenters. The van der Waals surface area contributed by atoms with E-state index in [1.807, 2.05) is 11.3 Å². The molecular formula is C17H29N3S. The van der Waals surface area contributed by atoms with E-state index in [1.54, 1.807) is 0 Å². The van der Waals surface area contributed by atoms with E-state index in [4.69, 9.17) is 0 Å². The van der Waals surface area contributed by atoms with E-state index in [0.29, 0.717) is 11.6 Å². The molecule has 1 aliphatic carbocycles. The number of hydrogen-bond acceptors (Lipinski definition) is 4. The highest BCUT2D eigenvalue weighted by molar-refractivity contribution is 7.09. The number of aromatic nitrogens is 1. The van der Waals surface area contributed by atoms with Gasteiger partial charge in [0, 0.05) is 48.7 Å². The Balaban J connectivity index is 1.62. The molecule has 2 heterocycles. The molecule has 0 amide bonds. The highest BCUT2D eigenvalue weighted by atomic mass is 32.1. The van der Waals surface area contributed by atoms with Gasteiger partial charge in [0.15, 0.2) is 0 Å². The summed E-state index contributed by atoms with van der Waals surface area (Å²) in [5.74, 6) is 0. The Morgan fingerprint density at radius 1 is 1.38 bits per heavy atom. The molecule has 1 spiro atoms. The average Bonchev–Trinajstić information content (AvgIpc) is 2.92. The van der Waals surface area contributed by atoms with Gasteiger partial charge in [-0.15, -0.1) is 11.3 Å². The normalized spacial score (nSPS) is 26.3. The topological polar surface area (TPSA) is 28.2 Å². The van der Waals surface area contributed by atoms with Crippen LogP contribution in [0.2, 0.25) is 0 Å². The molecule has 1 saturated carbocycles. The van der Waals surface area contributed by atoms with Gasteiger partial charge in [0.25, 0.3) is 0 Å². The molecule has 1 N–H and O–H groups in total. The number of aryl methyl sites for hydroxylation is 1. The fourth-order valence-electron chi connectivity index (χ4n) is 4.02. The highest BCUT2D eigenvalue weighted by Gasteiger charge is 2.39. The fourth-order valence-corrected chi connectivity index (χ4v) is 4.79. The number of piperazine rings is 1. The summed E-state index contributed by atoms with van der Waals surface area (Å²) in [5, 5.41) is 7.39. The van der Waals surface area contributed by atoms with Gasteiger partial charge < -0.3 is 5.32 Å². The lowest BCUT2D eigenvalue weighted by Gasteiger charge is -2.49. The van der Waals surface area contributed by atoms with Gasteiger partial charge in [-0.3, -0.25) is 4.90 Å². The number of nitrogens with one attached hydrogen (secondary N) is 1. The van der Waals surface area contributed by atoms with Crippen LogP contribution in [-0.4, -0.2) is 41.1 Å². The minimum absolute atomic E-state index is 0.419. The molecule has 4 heteroatoms. The maximum absolute atomic E-state index is 4.63. The zero-order valence-electron chi connectivity index (χ0n) is 13.5. The highest BCUT2D eigenvalue weighted by Crippen LogP contribution is 2.32. The third-order valence-corrected chi connectivity index (χ3v) is 6.32. The van der Waals surface area contributed by atoms with Crippen molar-refractivity contribution < 1.29 is 0 Å². The first-order chi connectivity index (χ1) is 10.2. The molecule has 3 nitrogen and oxygen atoms in total. The third kappa shape index (κ3) is 3.66. The van der Waals surface area contributed by atoms with Crippen molar-refractivity contribution in [2.24, 2.45) is 0 Å². The van der Waals surface area contributed by atoms with Crippen LogP contribution in [0.25, 0.3) is 0 Å². The second-order valence-electron chi connectivity index (χ2n) is 6.89. The molecule has 1 aromatic rings. The van der Waals surface area contributed by atoms with E-state index in [1.165, 1.54) is 68.9 Å². The van der Waals surface area contributed by atoms with Crippen molar-refractivity contribution in [2.75, 3.05) is 19.6 Å². The van der Waals surface area contributed by atoms with Gasteiger partial charge in [-0.25, -0.2) is 4.98 Å². The van der Waals surface area contributed by atoms with Gasteiger partial charge >= 0.3 is 0 Å². The Bertz CT molecular complexity index is 451. The van der Waals surface area contributed by atoms with E-state index in [0.717, 1.165) is 6.42 Å². The van der Waals surface area contributed by atoms with Crippen molar-refractivity contribution in [3.63, 3.8) is 0 Å². The largest absolute Gasteiger partial charge is 0.308 e. The predicted molar refractivity (Wildman–Crippen MR) is 90.0 cm³/mol. The van der Waals surface area contributed by atoms with Gasteiger partial charge in [-0.1, -0.05) is 26.2 Å². The minimum atomic E-state index is 0.419. The lowest BCUT2D eigenvalue weighted by atomic mass is 9.79. The van der Waals surface area contributed by atoms with E-state index in [9.17, 15) is 0 Å². The Morgan fingerprint density at radius 2 is 2.19 bits per heavy atom. The Hall–Kier alpha value is -0.450. The van der Waals surface area contributed by atoms with E-state index in [-0.39, 0.29) is 0 Å². The Kier molecular flexibility index (Phi) is 4.97. The first kappa shape index (κ1) is 15.4. The van der Waals surface area contributed by atoms with Gasteiger partial charge in [0.05, 0.1) is 5.01 Å². The maximum Gasteiger partial charge on any atom is 0.0940 e. The van der Waals surface area contributed by atoms with Crippen LogP contribution < -0.4 is 5.32 Å². The monoisotopic (exact) mass is 307 g/mol. The zero-order valence-corrected chi connectivity index (χ0v) is 14.3. The van der Waals surface area contributed by atoms with Crippen LogP contribution in [0.4, 0.5) is 0 Å². The fraction of sp³-hybridized carbons (Fsp3) is 0.824. The van der Waals surface area contributed by atoms with E-state index in [2.05, 4.69) is 34.4 Å². The van der Waals surface area contributed by atoms with Crippen molar-refractivity contribution in [3.8, 4) is 0 Å². The van der Waals surface area contributed by atoms with Crippen molar-refractivity contribution in [3.05, 3.63) is 16.1 Å². The molecular weight excluding hydrogens is 278 g/mol. The van der Waals surface area contributed by atoms with E-state index >= 15 is 0 Å². The molecule has 0 radical (unpaired) electrons. The van der Waals surface area contributed by atoms with Crippen molar-refractivity contribution >= 4 is 11.3 Å².